The second-order valence-corrected chi connectivity index (χ2v) is 7.31. The fourth-order valence-corrected chi connectivity index (χ4v) is 3.23. The number of nitrogens with zero attached hydrogens (tertiary/aromatic N) is 3. The molecular formula is C22H26BrN3O. The zero-order valence-electron chi connectivity index (χ0n) is 15.9. The van der Waals surface area contributed by atoms with Crippen LogP contribution in [0.3, 0.4) is 0 Å². The molecule has 3 rings (SSSR count). The summed E-state index contributed by atoms with van der Waals surface area (Å²) in [4.78, 5) is 6.93. The van der Waals surface area contributed by atoms with Crippen LogP contribution in [0.15, 0.2) is 65.5 Å². The minimum absolute atomic E-state index is 0.745. The molecule has 0 unspecified atom stereocenters. The van der Waals surface area contributed by atoms with E-state index in [1.807, 2.05) is 41.4 Å². The van der Waals surface area contributed by atoms with Crippen molar-refractivity contribution in [3.05, 3.63) is 65.5 Å². The van der Waals surface area contributed by atoms with Crippen molar-refractivity contribution >= 4 is 15.9 Å². The Labute approximate surface area is 169 Å². The predicted molar refractivity (Wildman–Crippen MR) is 115 cm³/mol. The zero-order chi connectivity index (χ0) is 19.1. The van der Waals surface area contributed by atoms with Gasteiger partial charge in [0.05, 0.1) is 18.6 Å². The fraction of sp³-hybridized carbons (Fsp3) is 0.318. The van der Waals surface area contributed by atoms with Crippen LogP contribution in [0.1, 0.15) is 20.3 Å². The van der Waals surface area contributed by atoms with E-state index in [1.54, 1.807) is 0 Å². The van der Waals surface area contributed by atoms with Crippen LogP contribution >= 0.6 is 15.9 Å². The molecule has 0 aliphatic carbocycles. The van der Waals surface area contributed by atoms with Crippen LogP contribution in [-0.4, -0.2) is 40.7 Å². The number of imidazole rings is 1. The van der Waals surface area contributed by atoms with Crippen molar-refractivity contribution in [2.24, 2.45) is 0 Å². The largest absolute Gasteiger partial charge is 0.494 e. The van der Waals surface area contributed by atoms with Crippen LogP contribution in [0.5, 0.6) is 5.75 Å². The van der Waals surface area contributed by atoms with E-state index in [0.717, 1.165) is 59.8 Å². The number of hydrogen-bond donors (Lipinski definition) is 0. The first-order chi connectivity index (χ1) is 13.2. The first kappa shape index (κ1) is 19.6. The van der Waals surface area contributed by atoms with E-state index in [1.165, 1.54) is 0 Å². The smallest absolute Gasteiger partial charge is 0.119 e. The molecule has 0 amide bonds. The van der Waals surface area contributed by atoms with Crippen molar-refractivity contribution in [2.75, 3.05) is 26.2 Å². The van der Waals surface area contributed by atoms with Gasteiger partial charge >= 0.3 is 0 Å². The number of benzene rings is 2. The molecule has 1 aromatic heterocycles. The maximum absolute atomic E-state index is 5.87. The molecule has 0 N–H and O–H groups in total. The van der Waals surface area contributed by atoms with Crippen LogP contribution in [-0.2, 0) is 0 Å². The lowest BCUT2D eigenvalue weighted by atomic mass is 10.2. The highest BCUT2D eigenvalue weighted by Crippen LogP contribution is 2.22. The van der Waals surface area contributed by atoms with Crippen LogP contribution in [0.4, 0.5) is 0 Å². The quantitative estimate of drug-likeness (QED) is 0.427. The molecule has 4 nitrogen and oxygen atoms in total. The first-order valence-corrected chi connectivity index (χ1v) is 10.2. The summed E-state index contributed by atoms with van der Waals surface area (Å²) >= 11 is 3.46. The van der Waals surface area contributed by atoms with Crippen molar-refractivity contribution in [2.45, 2.75) is 20.3 Å². The monoisotopic (exact) mass is 427 g/mol. The van der Waals surface area contributed by atoms with E-state index in [4.69, 9.17) is 4.74 Å². The number of ether oxygens (including phenoxy) is 1. The molecule has 1 heterocycles. The normalized spacial score (nSPS) is 11.1. The topological polar surface area (TPSA) is 30.3 Å². The lowest BCUT2D eigenvalue weighted by molar-refractivity contribution is 0.249. The van der Waals surface area contributed by atoms with Crippen molar-refractivity contribution in [3.63, 3.8) is 0 Å². The fourth-order valence-electron chi connectivity index (χ4n) is 2.97. The summed E-state index contributed by atoms with van der Waals surface area (Å²) in [6.45, 7) is 8.41. The lowest BCUT2D eigenvalue weighted by Crippen LogP contribution is -2.25. The summed E-state index contributed by atoms with van der Waals surface area (Å²) in [5.41, 5.74) is 3.13. The Hall–Kier alpha value is -2.11. The average Bonchev–Trinajstić information content (AvgIpc) is 3.19. The molecule has 0 saturated heterocycles. The second-order valence-electron chi connectivity index (χ2n) is 6.40. The number of hydrogen-bond acceptors (Lipinski definition) is 3. The molecule has 2 aromatic carbocycles. The van der Waals surface area contributed by atoms with Gasteiger partial charge in [0, 0.05) is 28.5 Å². The molecule has 0 radical (unpaired) electrons. The molecule has 0 aliphatic heterocycles. The molecule has 3 aromatic rings. The van der Waals surface area contributed by atoms with E-state index >= 15 is 0 Å². The lowest BCUT2D eigenvalue weighted by Gasteiger charge is -2.17. The second kappa shape index (κ2) is 9.72. The van der Waals surface area contributed by atoms with Gasteiger partial charge in [-0.1, -0.05) is 41.9 Å². The van der Waals surface area contributed by atoms with Crippen molar-refractivity contribution in [1.82, 2.24) is 14.5 Å². The average molecular weight is 428 g/mol. The Morgan fingerprint density at radius 2 is 1.70 bits per heavy atom. The Kier molecular flexibility index (Phi) is 7.07. The summed E-state index contributed by atoms with van der Waals surface area (Å²) in [6, 6.07) is 16.3. The molecule has 5 heteroatoms. The molecule has 0 atom stereocenters. The third kappa shape index (κ3) is 5.44. The number of halogens is 1. The number of aromatic nitrogens is 2. The SMILES string of the molecule is CCN(CC)CCCOc1ccc(-n2cnc(-c3ccc(Br)cc3)c2)cc1. The third-order valence-electron chi connectivity index (χ3n) is 4.64. The molecule has 0 saturated carbocycles. The van der Waals surface area contributed by atoms with Crippen LogP contribution in [0.2, 0.25) is 0 Å². The van der Waals surface area contributed by atoms with E-state index in [0.29, 0.717) is 0 Å². The van der Waals surface area contributed by atoms with Gasteiger partial charge in [0.1, 0.15) is 5.75 Å². The number of rotatable bonds is 9. The molecule has 0 bridgehead atoms. The maximum Gasteiger partial charge on any atom is 0.119 e. The Morgan fingerprint density at radius 3 is 2.37 bits per heavy atom. The third-order valence-corrected chi connectivity index (χ3v) is 5.17. The summed E-state index contributed by atoms with van der Waals surface area (Å²) in [5.74, 6) is 0.909. The van der Waals surface area contributed by atoms with Crippen molar-refractivity contribution in [1.29, 1.82) is 0 Å². The van der Waals surface area contributed by atoms with Gasteiger partial charge in [-0.2, -0.15) is 0 Å². The minimum Gasteiger partial charge on any atom is -0.494 e. The molecule has 0 fully saturated rings. The predicted octanol–water partition coefficient (Wildman–Crippen LogP) is 5.41. The van der Waals surface area contributed by atoms with Gasteiger partial charge in [-0.05, 0) is 55.9 Å². The zero-order valence-corrected chi connectivity index (χ0v) is 17.5. The highest BCUT2D eigenvalue weighted by molar-refractivity contribution is 9.10. The van der Waals surface area contributed by atoms with Crippen LogP contribution < -0.4 is 4.74 Å². The van der Waals surface area contributed by atoms with Gasteiger partial charge in [-0.15, -0.1) is 0 Å². The van der Waals surface area contributed by atoms with Gasteiger partial charge in [0.2, 0.25) is 0 Å². The van der Waals surface area contributed by atoms with E-state index in [2.05, 4.69) is 63.9 Å². The molecular weight excluding hydrogens is 402 g/mol. The van der Waals surface area contributed by atoms with Crippen LogP contribution in [0.25, 0.3) is 16.9 Å². The molecule has 0 aliphatic rings. The minimum atomic E-state index is 0.745. The summed E-state index contributed by atoms with van der Waals surface area (Å²) in [6.07, 6.45) is 4.93. The van der Waals surface area contributed by atoms with Gasteiger partial charge in [-0.25, -0.2) is 4.98 Å². The Bertz CT molecular complexity index is 824. The molecule has 0 spiro atoms. The summed E-state index contributed by atoms with van der Waals surface area (Å²) in [7, 11) is 0. The van der Waals surface area contributed by atoms with Gasteiger partial charge in [0.25, 0.3) is 0 Å². The van der Waals surface area contributed by atoms with E-state index in [9.17, 15) is 0 Å². The van der Waals surface area contributed by atoms with Gasteiger partial charge in [0.15, 0.2) is 0 Å². The Morgan fingerprint density at radius 1 is 1.00 bits per heavy atom. The molecule has 27 heavy (non-hydrogen) atoms. The molecule has 142 valence electrons. The Balaban J connectivity index is 1.57. The highest BCUT2D eigenvalue weighted by atomic mass is 79.9. The van der Waals surface area contributed by atoms with Crippen molar-refractivity contribution < 1.29 is 4.74 Å². The van der Waals surface area contributed by atoms with Gasteiger partial charge < -0.3 is 14.2 Å². The van der Waals surface area contributed by atoms with Crippen molar-refractivity contribution in [3.8, 4) is 22.7 Å². The summed E-state index contributed by atoms with van der Waals surface area (Å²) < 4.78 is 8.96. The first-order valence-electron chi connectivity index (χ1n) is 9.45. The summed E-state index contributed by atoms with van der Waals surface area (Å²) in [5, 5.41) is 0. The van der Waals surface area contributed by atoms with Gasteiger partial charge in [-0.3, -0.25) is 0 Å². The highest BCUT2D eigenvalue weighted by Gasteiger charge is 2.04. The van der Waals surface area contributed by atoms with Crippen LogP contribution in [0, 0.1) is 0 Å². The van der Waals surface area contributed by atoms with E-state index < -0.39 is 0 Å². The van der Waals surface area contributed by atoms with E-state index in [-0.39, 0.29) is 0 Å². The standard InChI is InChI=1S/C22H26BrN3O/c1-3-25(4-2)14-5-15-27-21-12-10-20(11-13-21)26-16-22(24-17-26)18-6-8-19(23)9-7-18/h6-13,16-17H,3-5,14-15H2,1-2H3. The maximum atomic E-state index is 5.87.